The van der Waals surface area contributed by atoms with Crippen LogP contribution < -0.4 is 15.6 Å². The molecule has 0 amide bonds. The maximum Gasteiger partial charge on any atom is 0.298 e. The summed E-state index contributed by atoms with van der Waals surface area (Å²) in [6.07, 6.45) is 9.92. The standard InChI is InChI=1S/C43H40N8SSi3/c1-53(2)47-33-16-12-17-34(39(33)45)51(35-25-23-30(27-13-8-7-9-14-27)38(44)41(35)48-54(3)4)36-26-24-31(40-42(36)50-55(5,6)49-40)28-19-21-29(22-20-28)43-46-32-15-10-11-18-37(32)52-43/h7-26,44-45H,1-6H3/b44-38?,45-39?,47-33-,48-41-. The molecular formula is C43H40N8SSi3. The maximum atomic E-state index is 9.59. The van der Waals surface area contributed by atoms with Gasteiger partial charge in [0.05, 0.1) is 55.1 Å². The molecule has 0 fully saturated rings. The van der Waals surface area contributed by atoms with Crippen molar-refractivity contribution < 1.29 is 0 Å². The number of nitrogens with one attached hydrogen (secondary N) is 2. The number of allylic oxidation sites excluding steroid dienone is 8. The third kappa shape index (κ3) is 7.09. The molecule has 0 spiro atoms. The molecule has 3 aliphatic rings. The monoisotopic (exact) mass is 784 g/mol. The highest BCUT2D eigenvalue weighted by molar-refractivity contribution is 7.21. The fourth-order valence-electron chi connectivity index (χ4n) is 6.96. The summed E-state index contributed by atoms with van der Waals surface area (Å²) in [7, 11) is -4.63. The van der Waals surface area contributed by atoms with Crippen molar-refractivity contribution in [3.8, 4) is 21.7 Å². The van der Waals surface area contributed by atoms with E-state index in [1.54, 1.807) is 11.3 Å². The Labute approximate surface area is 329 Å². The van der Waals surface area contributed by atoms with E-state index in [0.29, 0.717) is 28.5 Å². The number of aromatic nitrogens is 1. The number of thiazole rings is 1. The van der Waals surface area contributed by atoms with Crippen LogP contribution in [-0.2, 0) is 0 Å². The molecule has 4 aromatic carbocycles. The van der Waals surface area contributed by atoms with Crippen LogP contribution in [0.25, 0.3) is 37.5 Å². The molecule has 2 N–H and O–H groups in total. The highest BCUT2D eigenvalue weighted by atomic mass is 32.1. The quantitative estimate of drug-likeness (QED) is 0.121. The van der Waals surface area contributed by atoms with Gasteiger partial charge in [-0.1, -0.05) is 105 Å². The third-order valence-electron chi connectivity index (χ3n) is 9.30. The molecular weight excluding hydrogens is 745 g/mol. The normalized spacial score (nSPS) is 17.7. The van der Waals surface area contributed by atoms with Crippen LogP contribution in [0, 0.1) is 10.8 Å². The number of para-hydroxylation sites is 1. The fraction of sp³-hybridized carbons (Fsp3) is 0.140. The van der Waals surface area contributed by atoms with Crippen LogP contribution in [0.2, 0.25) is 39.3 Å². The van der Waals surface area contributed by atoms with Crippen molar-refractivity contribution in [1.29, 1.82) is 10.8 Å². The van der Waals surface area contributed by atoms with Crippen molar-refractivity contribution in [2.24, 2.45) is 18.6 Å². The van der Waals surface area contributed by atoms with Crippen molar-refractivity contribution in [2.75, 3.05) is 4.90 Å². The zero-order chi connectivity index (χ0) is 38.4. The van der Waals surface area contributed by atoms with Gasteiger partial charge in [0, 0.05) is 16.7 Å². The molecule has 270 valence electrons. The van der Waals surface area contributed by atoms with E-state index in [4.69, 9.17) is 23.6 Å². The molecule has 55 heavy (non-hydrogen) atoms. The van der Waals surface area contributed by atoms with Crippen molar-refractivity contribution in [2.45, 2.75) is 39.3 Å². The summed E-state index contributed by atoms with van der Waals surface area (Å²) in [4.78, 5) is 6.97. The minimum absolute atomic E-state index is 0.326. The van der Waals surface area contributed by atoms with Gasteiger partial charge in [0.2, 0.25) is 0 Å². The van der Waals surface area contributed by atoms with E-state index in [1.807, 2.05) is 60.7 Å². The first-order valence-electron chi connectivity index (χ1n) is 18.2. The fourth-order valence-corrected chi connectivity index (χ4v) is 10.9. The Balaban J connectivity index is 1.31. The molecule has 2 heterocycles. The minimum Gasteiger partial charge on any atom is -0.321 e. The lowest BCUT2D eigenvalue weighted by molar-refractivity contribution is 1.14. The predicted octanol–water partition coefficient (Wildman–Crippen LogP) is 9.25. The summed E-state index contributed by atoms with van der Waals surface area (Å²) in [6, 6.07) is 31.1. The Kier molecular flexibility index (Phi) is 9.67. The molecule has 2 radical (unpaired) electrons. The Hall–Kier alpha value is -5.54. The van der Waals surface area contributed by atoms with E-state index in [0.717, 1.165) is 60.5 Å². The lowest BCUT2D eigenvalue weighted by Gasteiger charge is -2.34. The van der Waals surface area contributed by atoms with Gasteiger partial charge >= 0.3 is 0 Å². The zero-order valence-electron chi connectivity index (χ0n) is 31.6. The topological polar surface area (TPSA) is 113 Å². The van der Waals surface area contributed by atoms with Crippen LogP contribution in [0.15, 0.2) is 151 Å². The van der Waals surface area contributed by atoms with Crippen LogP contribution in [0.1, 0.15) is 5.56 Å². The molecule has 5 aromatic rings. The lowest BCUT2D eigenvalue weighted by atomic mass is 9.91. The molecule has 8 nitrogen and oxygen atoms in total. The number of rotatable bonds is 8. The molecule has 2 aliphatic carbocycles. The minimum atomic E-state index is -2.42. The van der Waals surface area contributed by atoms with Gasteiger partial charge in [-0.3, -0.25) is 20.1 Å². The highest BCUT2D eigenvalue weighted by Gasteiger charge is 2.34. The molecule has 8 rings (SSSR count). The van der Waals surface area contributed by atoms with Gasteiger partial charge in [0.25, 0.3) is 8.40 Å². The molecule has 0 saturated heterocycles. The van der Waals surface area contributed by atoms with Crippen molar-refractivity contribution in [3.63, 3.8) is 0 Å². The summed E-state index contributed by atoms with van der Waals surface area (Å²) < 4.78 is 22.0. The molecule has 1 aliphatic heterocycles. The first kappa shape index (κ1) is 36.4. The second kappa shape index (κ2) is 14.6. The van der Waals surface area contributed by atoms with E-state index >= 15 is 0 Å². The van der Waals surface area contributed by atoms with Crippen LogP contribution in [0.5, 0.6) is 0 Å². The number of anilines is 1. The first-order chi connectivity index (χ1) is 26.5. The van der Waals surface area contributed by atoms with E-state index in [-0.39, 0.29) is 0 Å². The Bertz CT molecular complexity index is 2690. The van der Waals surface area contributed by atoms with Gasteiger partial charge < -0.3 is 14.2 Å². The average molecular weight is 785 g/mol. The number of nitrogens with zero attached hydrogens (tertiary/aromatic N) is 6. The summed E-state index contributed by atoms with van der Waals surface area (Å²) in [6.45, 7) is 12.8. The molecule has 12 heteroatoms. The predicted molar refractivity (Wildman–Crippen MR) is 238 cm³/mol. The zero-order valence-corrected chi connectivity index (χ0v) is 35.5. The Morgan fingerprint density at radius 3 is 2.09 bits per heavy atom. The van der Waals surface area contributed by atoms with Crippen molar-refractivity contribution in [1.82, 2.24) is 4.98 Å². The van der Waals surface area contributed by atoms with Gasteiger partial charge in [-0.15, -0.1) is 11.3 Å². The third-order valence-corrected chi connectivity index (χ3v) is 13.3. The first-order valence-corrected chi connectivity index (χ1v) is 26.8. The highest BCUT2D eigenvalue weighted by Crippen LogP contribution is 2.34. The summed E-state index contributed by atoms with van der Waals surface area (Å²) >= 11 is 1.70. The molecule has 1 aromatic heterocycles. The summed E-state index contributed by atoms with van der Waals surface area (Å²) in [5, 5.41) is 21.8. The molecule has 0 unspecified atom stereocenters. The maximum absolute atomic E-state index is 9.59. The van der Waals surface area contributed by atoms with E-state index in [9.17, 15) is 10.8 Å². The van der Waals surface area contributed by atoms with E-state index in [1.165, 1.54) is 4.70 Å². The van der Waals surface area contributed by atoms with Crippen LogP contribution in [0.4, 0.5) is 5.69 Å². The number of fused-ring (bicyclic) bond motifs is 2. The van der Waals surface area contributed by atoms with Crippen LogP contribution >= 0.6 is 11.3 Å². The second-order valence-corrected chi connectivity index (χ2v) is 23.2. The summed E-state index contributed by atoms with van der Waals surface area (Å²) in [5.74, 6) is 0. The molecule has 0 bridgehead atoms. The lowest BCUT2D eigenvalue weighted by Crippen LogP contribution is -2.42. The number of hydrogen-bond donors (Lipinski definition) is 2. The smallest absolute Gasteiger partial charge is 0.298 e. The van der Waals surface area contributed by atoms with Gasteiger partial charge in [-0.05, 0) is 66.7 Å². The largest absolute Gasteiger partial charge is 0.321 e. The van der Waals surface area contributed by atoms with Crippen molar-refractivity contribution in [3.05, 3.63) is 149 Å². The summed E-state index contributed by atoms with van der Waals surface area (Å²) in [5.41, 5.74) is 10.1. The molecule has 0 atom stereocenters. The molecule has 0 saturated carbocycles. The van der Waals surface area contributed by atoms with E-state index in [2.05, 4.69) is 105 Å². The van der Waals surface area contributed by atoms with Gasteiger partial charge in [-0.2, -0.15) is 0 Å². The second-order valence-electron chi connectivity index (χ2n) is 14.5. The Morgan fingerprint density at radius 2 is 1.36 bits per heavy atom. The number of hydrogen-bond acceptors (Lipinski definition) is 9. The van der Waals surface area contributed by atoms with E-state index < -0.39 is 26.3 Å². The van der Waals surface area contributed by atoms with Gasteiger partial charge in [0.15, 0.2) is 17.9 Å². The van der Waals surface area contributed by atoms with Crippen LogP contribution in [-0.4, -0.2) is 54.1 Å². The average Bonchev–Trinajstić information content (AvgIpc) is 3.75. The van der Waals surface area contributed by atoms with Gasteiger partial charge in [-0.25, -0.2) is 4.98 Å². The van der Waals surface area contributed by atoms with Crippen LogP contribution in [0.3, 0.4) is 0 Å². The SMILES string of the molecule is C[Si](C)/N=C1/C=CC=C(N(C2=CC=C(c3ccccc3)C(=N)/C2=N\[Si](C)C)c2ccc(-c3ccc(-c4nc5ccccc5s4)cc3)c3c2=N[Si](C)(C)N=3)C1=N. The van der Waals surface area contributed by atoms with Crippen molar-refractivity contribution >= 4 is 82.0 Å². The van der Waals surface area contributed by atoms with Gasteiger partial charge in [0.1, 0.15) is 10.7 Å². The number of benzene rings is 4. The Morgan fingerprint density at radius 1 is 0.673 bits per heavy atom.